The SMILES string of the molecule is CN(C)C1(CN2CC3(C2)C(=O)N(Cc2ncc4ccccc4c2-c2ccc(C#N)nc2)c2ccccc23)CC1. The second-order valence-electron chi connectivity index (χ2n) is 11.5. The molecule has 1 saturated carbocycles. The molecule has 194 valence electrons. The third-order valence-electron chi connectivity index (χ3n) is 9.00. The van der Waals surface area contributed by atoms with E-state index >= 15 is 0 Å². The summed E-state index contributed by atoms with van der Waals surface area (Å²) in [6.07, 6.45) is 6.06. The maximum atomic E-state index is 14.2. The molecule has 7 heteroatoms. The molecule has 1 amide bonds. The summed E-state index contributed by atoms with van der Waals surface area (Å²) in [5.41, 5.74) is 4.91. The second-order valence-corrected chi connectivity index (χ2v) is 11.5. The van der Waals surface area contributed by atoms with Gasteiger partial charge in [0.25, 0.3) is 0 Å². The molecule has 4 aromatic rings. The molecule has 2 fully saturated rings. The number of pyridine rings is 2. The van der Waals surface area contributed by atoms with Crippen molar-refractivity contribution in [3.8, 4) is 17.2 Å². The van der Waals surface area contributed by atoms with Crippen molar-refractivity contribution in [3.63, 3.8) is 0 Å². The fourth-order valence-electron chi connectivity index (χ4n) is 6.60. The lowest BCUT2D eigenvalue weighted by atomic mass is 9.74. The van der Waals surface area contributed by atoms with Gasteiger partial charge >= 0.3 is 0 Å². The number of carbonyl (C=O) groups is 1. The minimum Gasteiger partial charge on any atom is -0.305 e. The number of amides is 1. The zero-order valence-corrected chi connectivity index (χ0v) is 22.3. The van der Waals surface area contributed by atoms with Gasteiger partial charge in [0.1, 0.15) is 17.2 Å². The molecular formula is C32H30N6O. The maximum absolute atomic E-state index is 14.2. The van der Waals surface area contributed by atoms with Crippen LogP contribution in [0.15, 0.2) is 73.1 Å². The number of hydrogen-bond acceptors (Lipinski definition) is 6. The van der Waals surface area contributed by atoms with Gasteiger partial charge in [-0.3, -0.25) is 14.7 Å². The molecule has 0 N–H and O–H groups in total. The highest BCUT2D eigenvalue weighted by molar-refractivity contribution is 6.09. The van der Waals surface area contributed by atoms with Crippen molar-refractivity contribution in [1.82, 2.24) is 19.8 Å². The highest BCUT2D eigenvalue weighted by atomic mass is 16.2. The molecule has 1 saturated heterocycles. The average Bonchev–Trinajstić information content (AvgIpc) is 3.70. The number of fused-ring (bicyclic) bond motifs is 3. The Balaban J connectivity index is 1.25. The molecule has 0 atom stereocenters. The van der Waals surface area contributed by atoms with E-state index in [1.165, 1.54) is 12.8 Å². The summed E-state index contributed by atoms with van der Waals surface area (Å²) in [7, 11) is 4.33. The molecule has 39 heavy (non-hydrogen) atoms. The van der Waals surface area contributed by atoms with E-state index in [1.807, 2.05) is 47.5 Å². The number of nitrogens with zero attached hydrogens (tertiary/aromatic N) is 6. The van der Waals surface area contributed by atoms with Gasteiger partial charge in [0.05, 0.1) is 12.2 Å². The number of benzene rings is 2. The average molecular weight is 515 g/mol. The lowest BCUT2D eigenvalue weighted by molar-refractivity contribution is -0.130. The Bertz CT molecular complexity index is 1640. The van der Waals surface area contributed by atoms with Gasteiger partial charge in [-0.05, 0) is 56.1 Å². The summed E-state index contributed by atoms with van der Waals surface area (Å²) >= 11 is 0. The monoisotopic (exact) mass is 514 g/mol. The van der Waals surface area contributed by atoms with E-state index in [-0.39, 0.29) is 11.4 Å². The minimum absolute atomic E-state index is 0.161. The van der Waals surface area contributed by atoms with Gasteiger partial charge in [-0.25, -0.2) is 4.98 Å². The highest BCUT2D eigenvalue weighted by Crippen LogP contribution is 2.50. The van der Waals surface area contributed by atoms with E-state index in [1.54, 1.807) is 12.3 Å². The summed E-state index contributed by atoms with van der Waals surface area (Å²) in [5, 5.41) is 11.3. The Kier molecular flexibility index (Phi) is 5.35. The smallest absolute Gasteiger partial charge is 0.240 e. The number of rotatable bonds is 6. The van der Waals surface area contributed by atoms with Crippen molar-refractivity contribution in [3.05, 3.63) is 90.0 Å². The molecule has 4 heterocycles. The largest absolute Gasteiger partial charge is 0.305 e. The van der Waals surface area contributed by atoms with E-state index < -0.39 is 5.41 Å². The number of likely N-dealkylation sites (tertiary alicyclic amines) is 1. The summed E-state index contributed by atoms with van der Waals surface area (Å²) in [4.78, 5) is 30.2. The number of aromatic nitrogens is 2. The fourth-order valence-corrected chi connectivity index (χ4v) is 6.60. The van der Waals surface area contributed by atoms with Crippen molar-refractivity contribution in [2.45, 2.75) is 30.3 Å². The molecule has 7 nitrogen and oxygen atoms in total. The molecule has 0 unspecified atom stereocenters. The van der Waals surface area contributed by atoms with Crippen LogP contribution in [0.25, 0.3) is 21.9 Å². The van der Waals surface area contributed by atoms with Gasteiger partial charge in [0.2, 0.25) is 5.91 Å². The first-order valence-electron chi connectivity index (χ1n) is 13.5. The Morgan fingerprint density at radius 1 is 0.974 bits per heavy atom. The van der Waals surface area contributed by atoms with E-state index in [0.717, 1.165) is 58.5 Å². The number of likely N-dealkylation sites (N-methyl/N-ethyl adjacent to an activating group) is 1. The first-order chi connectivity index (χ1) is 18.9. The van der Waals surface area contributed by atoms with Gasteiger partial charge in [-0.2, -0.15) is 5.26 Å². The Morgan fingerprint density at radius 3 is 2.46 bits per heavy atom. The Morgan fingerprint density at radius 2 is 1.74 bits per heavy atom. The number of anilines is 1. The van der Waals surface area contributed by atoms with Gasteiger partial charge in [0, 0.05) is 59.8 Å². The fraction of sp³-hybridized carbons (Fsp3) is 0.312. The summed E-state index contributed by atoms with van der Waals surface area (Å²) in [6.45, 7) is 2.90. The highest BCUT2D eigenvalue weighted by Gasteiger charge is 2.60. The van der Waals surface area contributed by atoms with Crippen LogP contribution in [0.5, 0.6) is 0 Å². The predicted molar refractivity (Wildman–Crippen MR) is 151 cm³/mol. The zero-order chi connectivity index (χ0) is 26.8. The van der Waals surface area contributed by atoms with Crippen LogP contribution >= 0.6 is 0 Å². The van der Waals surface area contributed by atoms with E-state index in [4.69, 9.17) is 4.98 Å². The maximum Gasteiger partial charge on any atom is 0.240 e. The van der Waals surface area contributed by atoms with Gasteiger partial charge in [-0.1, -0.05) is 42.5 Å². The zero-order valence-electron chi connectivity index (χ0n) is 22.3. The standard InChI is InChI=1S/C32H30N6O/c1-36(2)31(13-14-31)19-37-20-32(21-37)26-9-5-6-10-28(26)38(30(32)39)18-27-29(23-11-12-24(15-33)34-17-23)25-8-4-3-7-22(25)16-35-27/h3-12,16-17H,13-14,18-21H2,1-2H3. The van der Waals surface area contributed by atoms with Crippen molar-refractivity contribution in [2.75, 3.05) is 38.6 Å². The van der Waals surface area contributed by atoms with Gasteiger partial charge < -0.3 is 9.80 Å². The van der Waals surface area contributed by atoms with Gasteiger partial charge in [-0.15, -0.1) is 0 Å². The van der Waals surface area contributed by atoms with Crippen LogP contribution in [0, 0.1) is 11.3 Å². The van der Waals surface area contributed by atoms with Crippen LogP contribution < -0.4 is 4.90 Å². The van der Waals surface area contributed by atoms with Crippen LogP contribution in [-0.4, -0.2) is 64.9 Å². The third-order valence-corrected chi connectivity index (χ3v) is 9.00. The van der Waals surface area contributed by atoms with Crippen LogP contribution in [0.2, 0.25) is 0 Å². The molecule has 3 aliphatic rings. The van der Waals surface area contributed by atoms with E-state index in [2.05, 4.69) is 53.1 Å². The first kappa shape index (κ1) is 24.0. The molecule has 1 spiro atoms. The Hall–Kier alpha value is -4.12. The van der Waals surface area contributed by atoms with Crippen molar-refractivity contribution < 1.29 is 4.79 Å². The van der Waals surface area contributed by atoms with Crippen molar-refractivity contribution >= 4 is 22.4 Å². The quantitative estimate of drug-likeness (QED) is 0.381. The van der Waals surface area contributed by atoms with Crippen LogP contribution in [0.3, 0.4) is 0 Å². The van der Waals surface area contributed by atoms with Crippen LogP contribution in [0.1, 0.15) is 29.8 Å². The van der Waals surface area contributed by atoms with E-state index in [0.29, 0.717) is 12.2 Å². The molecule has 2 aromatic heterocycles. The lowest BCUT2D eigenvalue weighted by Crippen LogP contribution is -2.65. The Labute approximate surface area is 228 Å². The summed E-state index contributed by atoms with van der Waals surface area (Å²) in [5.74, 6) is 0.161. The molecule has 7 rings (SSSR count). The molecule has 2 aliphatic heterocycles. The topological polar surface area (TPSA) is 76.4 Å². The van der Waals surface area contributed by atoms with Crippen LogP contribution in [-0.2, 0) is 16.8 Å². The normalized spacial score (nSPS) is 18.8. The summed E-state index contributed by atoms with van der Waals surface area (Å²) < 4.78 is 0. The number of para-hydroxylation sites is 1. The number of carbonyl (C=O) groups excluding carboxylic acids is 1. The second kappa shape index (κ2) is 8.70. The molecular weight excluding hydrogens is 484 g/mol. The van der Waals surface area contributed by atoms with Crippen LogP contribution in [0.4, 0.5) is 5.69 Å². The first-order valence-corrected chi connectivity index (χ1v) is 13.5. The molecule has 0 radical (unpaired) electrons. The minimum atomic E-state index is -0.494. The third kappa shape index (κ3) is 3.67. The van der Waals surface area contributed by atoms with Crippen molar-refractivity contribution in [1.29, 1.82) is 5.26 Å². The summed E-state index contributed by atoms with van der Waals surface area (Å²) in [6, 6.07) is 22.1. The lowest BCUT2D eigenvalue weighted by Gasteiger charge is -2.49. The number of nitriles is 1. The molecule has 2 aromatic carbocycles. The van der Waals surface area contributed by atoms with Crippen molar-refractivity contribution in [2.24, 2.45) is 0 Å². The predicted octanol–water partition coefficient (Wildman–Crippen LogP) is 4.36. The molecule has 0 bridgehead atoms. The van der Waals surface area contributed by atoms with Gasteiger partial charge in [0.15, 0.2) is 0 Å². The molecule has 1 aliphatic carbocycles. The van der Waals surface area contributed by atoms with E-state index in [9.17, 15) is 10.1 Å². The number of hydrogen-bond donors (Lipinski definition) is 0.